The van der Waals surface area contributed by atoms with E-state index in [1.807, 2.05) is 20.8 Å². The van der Waals surface area contributed by atoms with Crippen LogP contribution in [0.2, 0.25) is 5.02 Å². The summed E-state index contributed by atoms with van der Waals surface area (Å²) in [4.78, 5) is 15.9. The van der Waals surface area contributed by atoms with E-state index >= 15 is 0 Å². The lowest BCUT2D eigenvalue weighted by molar-refractivity contribution is 0.0948. The standard InChI is InChI=1S/C12H18ClN3O/c1-4-14-11-10(13)5-9(7-15-11)12(17)16-6-8(2)3/h5,7-8H,4,6H2,1-3H3,(H,14,15)(H,16,17). The van der Waals surface area contributed by atoms with Crippen LogP contribution in [-0.4, -0.2) is 24.0 Å². The molecule has 0 aliphatic rings. The molecule has 1 heterocycles. The maximum absolute atomic E-state index is 11.7. The van der Waals surface area contributed by atoms with E-state index in [9.17, 15) is 4.79 Å². The van der Waals surface area contributed by atoms with Crippen molar-refractivity contribution in [2.45, 2.75) is 20.8 Å². The van der Waals surface area contributed by atoms with Crippen LogP contribution in [0.15, 0.2) is 12.3 Å². The molecular formula is C12H18ClN3O. The number of nitrogens with zero attached hydrogens (tertiary/aromatic N) is 1. The minimum absolute atomic E-state index is 0.142. The average Bonchev–Trinajstić information content (AvgIpc) is 2.28. The number of pyridine rings is 1. The van der Waals surface area contributed by atoms with Crippen LogP contribution in [0.5, 0.6) is 0 Å². The summed E-state index contributed by atoms with van der Waals surface area (Å²) in [6, 6.07) is 1.63. The molecule has 0 saturated heterocycles. The summed E-state index contributed by atoms with van der Waals surface area (Å²) in [6.45, 7) is 7.43. The molecule has 0 bridgehead atoms. The molecule has 1 amide bonds. The second-order valence-electron chi connectivity index (χ2n) is 4.19. The number of hydrogen-bond acceptors (Lipinski definition) is 3. The first kappa shape index (κ1) is 13.8. The number of aromatic nitrogens is 1. The van der Waals surface area contributed by atoms with E-state index in [0.717, 1.165) is 6.54 Å². The molecule has 0 aliphatic carbocycles. The molecule has 94 valence electrons. The normalized spacial score (nSPS) is 10.4. The van der Waals surface area contributed by atoms with Gasteiger partial charge in [-0.15, -0.1) is 0 Å². The third-order valence-corrected chi connectivity index (χ3v) is 2.41. The molecule has 0 atom stereocenters. The Balaban J connectivity index is 2.72. The maximum atomic E-state index is 11.7. The zero-order chi connectivity index (χ0) is 12.8. The van der Waals surface area contributed by atoms with Gasteiger partial charge in [0.1, 0.15) is 5.82 Å². The van der Waals surface area contributed by atoms with Crippen LogP contribution in [0.1, 0.15) is 31.1 Å². The predicted octanol–water partition coefficient (Wildman–Crippen LogP) is 2.55. The van der Waals surface area contributed by atoms with Gasteiger partial charge in [0.15, 0.2) is 0 Å². The third-order valence-electron chi connectivity index (χ3n) is 2.12. The highest BCUT2D eigenvalue weighted by Crippen LogP contribution is 2.19. The average molecular weight is 256 g/mol. The fourth-order valence-electron chi connectivity index (χ4n) is 1.26. The molecule has 0 radical (unpaired) electrons. The van der Waals surface area contributed by atoms with Crippen molar-refractivity contribution in [3.8, 4) is 0 Å². The second-order valence-corrected chi connectivity index (χ2v) is 4.60. The van der Waals surface area contributed by atoms with Crippen LogP contribution in [-0.2, 0) is 0 Å². The van der Waals surface area contributed by atoms with Crippen molar-refractivity contribution in [1.82, 2.24) is 10.3 Å². The summed E-state index contributed by atoms with van der Waals surface area (Å²) >= 11 is 6.01. The number of anilines is 1. The lowest BCUT2D eigenvalue weighted by Gasteiger charge is -2.09. The highest BCUT2D eigenvalue weighted by atomic mass is 35.5. The van der Waals surface area contributed by atoms with Crippen LogP contribution in [0, 0.1) is 5.92 Å². The van der Waals surface area contributed by atoms with Crippen molar-refractivity contribution in [3.63, 3.8) is 0 Å². The Bertz CT molecular complexity index is 393. The Morgan fingerprint density at radius 3 is 2.76 bits per heavy atom. The molecule has 17 heavy (non-hydrogen) atoms. The van der Waals surface area contributed by atoms with Gasteiger partial charge in [-0.25, -0.2) is 4.98 Å². The van der Waals surface area contributed by atoms with Crippen molar-refractivity contribution in [2.24, 2.45) is 5.92 Å². The smallest absolute Gasteiger partial charge is 0.252 e. The fraction of sp³-hybridized carbons (Fsp3) is 0.500. The summed E-state index contributed by atoms with van der Waals surface area (Å²) in [5.41, 5.74) is 0.484. The third kappa shape index (κ3) is 4.23. The summed E-state index contributed by atoms with van der Waals surface area (Å²) in [7, 11) is 0. The van der Waals surface area contributed by atoms with Crippen molar-refractivity contribution in [3.05, 3.63) is 22.8 Å². The zero-order valence-electron chi connectivity index (χ0n) is 10.4. The number of halogens is 1. The summed E-state index contributed by atoms with van der Waals surface area (Å²) in [5.74, 6) is 0.883. The Morgan fingerprint density at radius 1 is 1.53 bits per heavy atom. The largest absolute Gasteiger partial charge is 0.369 e. The summed E-state index contributed by atoms with van der Waals surface area (Å²) in [6.07, 6.45) is 1.53. The molecule has 1 aromatic heterocycles. The van der Waals surface area contributed by atoms with Gasteiger partial charge in [-0.3, -0.25) is 4.79 Å². The van der Waals surface area contributed by atoms with Gasteiger partial charge >= 0.3 is 0 Å². The molecule has 0 spiro atoms. The highest BCUT2D eigenvalue weighted by molar-refractivity contribution is 6.33. The van der Waals surface area contributed by atoms with Crippen LogP contribution >= 0.6 is 11.6 Å². The van der Waals surface area contributed by atoms with E-state index in [0.29, 0.717) is 28.9 Å². The second kappa shape index (κ2) is 6.45. The number of hydrogen-bond donors (Lipinski definition) is 2. The molecule has 0 fully saturated rings. The van der Waals surface area contributed by atoms with Gasteiger partial charge in [-0.2, -0.15) is 0 Å². The number of rotatable bonds is 5. The van der Waals surface area contributed by atoms with Gasteiger partial charge in [0.05, 0.1) is 10.6 Å². The van der Waals surface area contributed by atoms with E-state index in [1.165, 1.54) is 6.20 Å². The van der Waals surface area contributed by atoms with Gasteiger partial charge < -0.3 is 10.6 Å². The molecule has 0 aromatic carbocycles. The lowest BCUT2D eigenvalue weighted by Crippen LogP contribution is -2.27. The van der Waals surface area contributed by atoms with Crippen molar-refractivity contribution >= 4 is 23.3 Å². The summed E-state index contributed by atoms with van der Waals surface area (Å²) < 4.78 is 0. The van der Waals surface area contributed by atoms with Gasteiger partial charge in [0, 0.05) is 19.3 Å². The molecule has 0 unspecified atom stereocenters. The molecule has 4 nitrogen and oxygen atoms in total. The first-order valence-electron chi connectivity index (χ1n) is 5.72. The monoisotopic (exact) mass is 255 g/mol. The van der Waals surface area contributed by atoms with Crippen LogP contribution in [0.4, 0.5) is 5.82 Å². The van der Waals surface area contributed by atoms with E-state index in [1.54, 1.807) is 6.07 Å². The van der Waals surface area contributed by atoms with E-state index in [-0.39, 0.29) is 5.91 Å². The molecule has 0 saturated carbocycles. The topological polar surface area (TPSA) is 54.0 Å². The van der Waals surface area contributed by atoms with Gasteiger partial charge in [0.2, 0.25) is 0 Å². The number of amides is 1. The maximum Gasteiger partial charge on any atom is 0.252 e. The SMILES string of the molecule is CCNc1ncc(C(=O)NCC(C)C)cc1Cl. The van der Waals surface area contributed by atoms with E-state index in [4.69, 9.17) is 11.6 Å². The number of nitrogens with one attached hydrogen (secondary N) is 2. The Kier molecular flexibility index (Phi) is 5.22. The van der Waals surface area contributed by atoms with Gasteiger partial charge in [0.25, 0.3) is 5.91 Å². The fourth-order valence-corrected chi connectivity index (χ4v) is 1.49. The minimum Gasteiger partial charge on any atom is -0.369 e. The highest BCUT2D eigenvalue weighted by Gasteiger charge is 2.09. The predicted molar refractivity (Wildman–Crippen MR) is 70.6 cm³/mol. The molecule has 0 aliphatic heterocycles. The van der Waals surface area contributed by atoms with Crippen molar-refractivity contribution < 1.29 is 4.79 Å². The molecule has 1 rings (SSSR count). The molecular weight excluding hydrogens is 238 g/mol. The van der Waals surface area contributed by atoms with Gasteiger partial charge in [-0.1, -0.05) is 25.4 Å². The van der Waals surface area contributed by atoms with Crippen LogP contribution in [0.3, 0.4) is 0 Å². The zero-order valence-corrected chi connectivity index (χ0v) is 11.1. The molecule has 5 heteroatoms. The van der Waals surface area contributed by atoms with Gasteiger partial charge in [-0.05, 0) is 18.9 Å². The van der Waals surface area contributed by atoms with Crippen molar-refractivity contribution in [1.29, 1.82) is 0 Å². The Hall–Kier alpha value is -1.29. The Morgan fingerprint density at radius 2 is 2.24 bits per heavy atom. The molecule has 2 N–H and O–H groups in total. The first-order chi connectivity index (χ1) is 8.04. The van der Waals surface area contributed by atoms with Crippen LogP contribution in [0.25, 0.3) is 0 Å². The summed E-state index contributed by atoms with van der Waals surface area (Å²) in [5, 5.41) is 6.30. The van der Waals surface area contributed by atoms with Crippen LogP contribution < -0.4 is 10.6 Å². The number of carbonyl (C=O) groups excluding carboxylic acids is 1. The quantitative estimate of drug-likeness (QED) is 0.850. The molecule has 1 aromatic rings. The Labute approximate surface area is 107 Å². The lowest BCUT2D eigenvalue weighted by atomic mass is 10.2. The van der Waals surface area contributed by atoms with E-state index < -0.39 is 0 Å². The minimum atomic E-state index is -0.142. The van der Waals surface area contributed by atoms with Crippen molar-refractivity contribution in [2.75, 3.05) is 18.4 Å². The number of carbonyl (C=O) groups is 1. The van der Waals surface area contributed by atoms with E-state index in [2.05, 4.69) is 15.6 Å². The first-order valence-corrected chi connectivity index (χ1v) is 6.10.